The summed E-state index contributed by atoms with van der Waals surface area (Å²) in [7, 11) is 2.11. The molecule has 0 N–H and O–H groups in total. The first kappa shape index (κ1) is 19.9. The van der Waals surface area contributed by atoms with Crippen LogP contribution in [0.15, 0.2) is 109 Å². The summed E-state index contributed by atoms with van der Waals surface area (Å²) in [5.41, 5.74) is 12.9. The van der Waals surface area contributed by atoms with E-state index in [0.29, 0.717) is 0 Å². The summed E-state index contributed by atoms with van der Waals surface area (Å²) in [5, 5.41) is 0. The third-order valence-electron chi connectivity index (χ3n) is 7.17. The standard InChI is InChI=1S/C32H24N3/c1-21-11-3-4-12-22(21)31-30-29(19-20-34(31)2)35-28-18-10-9-16-26(28)24-14-6-5-13-23(24)25-15-7-8-17-27(25)32(35)33-30/h3-20H,1-2H3/q+1. The average molecular weight is 451 g/mol. The van der Waals surface area contributed by atoms with E-state index in [1.165, 1.54) is 33.4 Å². The van der Waals surface area contributed by atoms with Gasteiger partial charge in [0, 0.05) is 17.2 Å². The first-order chi connectivity index (χ1) is 17.2. The van der Waals surface area contributed by atoms with E-state index < -0.39 is 0 Å². The zero-order valence-electron chi connectivity index (χ0n) is 19.7. The fourth-order valence-electron chi connectivity index (χ4n) is 5.53. The van der Waals surface area contributed by atoms with Gasteiger partial charge in [-0.25, -0.2) is 4.98 Å². The molecule has 3 heterocycles. The molecule has 0 aliphatic carbocycles. The predicted molar refractivity (Wildman–Crippen MR) is 142 cm³/mol. The maximum absolute atomic E-state index is 5.39. The Balaban J connectivity index is 1.69. The molecule has 0 saturated heterocycles. The van der Waals surface area contributed by atoms with Gasteiger partial charge in [0.1, 0.15) is 12.9 Å². The zero-order valence-corrected chi connectivity index (χ0v) is 19.7. The molecule has 4 aromatic carbocycles. The second kappa shape index (κ2) is 7.51. The molecule has 0 bridgehead atoms. The molecule has 1 aliphatic rings. The normalized spacial score (nSPS) is 11.7. The second-order valence-corrected chi connectivity index (χ2v) is 9.20. The van der Waals surface area contributed by atoms with E-state index in [0.717, 1.165) is 33.8 Å². The summed E-state index contributed by atoms with van der Waals surface area (Å²) in [4.78, 5) is 5.39. The molecular formula is C32H24N3+. The molecule has 35 heavy (non-hydrogen) atoms. The Morgan fingerprint density at radius 2 is 1.14 bits per heavy atom. The molecule has 2 aromatic heterocycles. The van der Waals surface area contributed by atoms with Crippen LogP contribution in [0.25, 0.3) is 61.6 Å². The number of rotatable bonds is 1. The number of aryl methyl sites for hydroxylation is 2. The van der Waals surface area contributed by atoms with Gasteiger partial charge in [-0.05, 0) is 41.3 Å². The number of pyridine rings is 1. The summed E-state index contributed by atoms with van der Waals surface area (Å²) in [5.74, 6) is 0.971. The SMILES string of the molecule is Cc1ccccc1-c1c2nc3n(c2cc[n+]1C)-c1ccccc1-c1ccccc1-c1ccccc1-3. The van der Waals surface area contributed by atoms with Crippen molar-refractivity contribution in [3.8, 4) is 50.6 Å². The highest BCUT2D eigenvalue weighted by atomic mass is 15.1. The van der Waals surface area contributed by atoms with Crippen molar-refractivity contribution in [2.24, 2.45) is 7.05 Å². The molecule has 0 unspecified atom stereocenters. The van der Waals surface area contributed by atoms with E-state index in [-0.39, 0.29) is 0 Å². The van der Waals surface area contributed by atoms with Crippen molar-refractivity contribution >= 4 is 11.0 Å². The molecule has 0 amide bonds. The summed E-state index contributed by atoms with van der Waals surface area (Å²) in [6, 6.07) is 36.8. The fourth-order valence-corrected chi connectivity index (χ4v) is 5.53. The van der Waals surface area contributed by atoms with Crippen LogP contribution in [0.5, 0.6) is 0 Å². The van der Waals surface area contributed by atoms with Crippen LogP contribution >= 0.6 is 0 Å². The van der Waals surface area contributed by atoms with Crippen LogP contribution in [0.4, 0.5) is 0 Å². The Morgan fingerprint density at radius 3 is 1.86 bits per heavy atom. The van der Waals surface area contributed by atoms with Crippen LogP contribution in [-0.4, -0.2) is 9.55 Å². The monoisotopic (exact) mass is 450 g/mol. The molecule has 0 spiro atoms. The highest BCUT2D eigenvalue weighted by Crippen LogP contribution is 2.45. The van der Waals surface area contributed by atoms with Gasteiger partial charge in [0.15, 0.2) is 11.7 Å². The van der Waals surface area contributed by atoms with Gasteiger partial charge in [0.05, 0.1) is 16.8 Å². The molecule has 166 valence electrons. The highest BCUT2D eigenvalue weighted by Gasteiger charge is 2.28. The minimum atomic E-state index is 0.971. The molecule has 0 saturated carbocycles. The number of imidazole rings is 1. The highest BCUT2D eigenvalue weighted by molar-refractivity contribution is 5.99. The topological polar surface area (TPSA) is 21.7 Å². The van der Waals surface area contributed by atoms with Gasteiger partial charge in [0.2, 0.25) is 5.69 Å². The largest absolute Gasteiger partial charge is 0.291 e. The Bertz CT molecular complexity index is 1770. The van der Waals surface area contributed by atoms with Crippen LogP contribution in [0.1, 0.15) is 5.56 Å². The van der Waals surface area contributed by atoms with Crippen molar-refractivity contribution in [2.45, 2.75) is 6.92 Å². The number of para-hydroxylation sites is 1. The second-order valence-electron chi connectivity index (χ2n) is 9.20. The van der Waals surface area contributed by atoms with Crippen molar-refractivity contribution in [1.29, 1.82) is 0 Å². The first-order valence-corrected chi connectivity index (χ1v) is 12.0. The molecule has 0 atom stereocenters. The van der Waals surface area contributed by atoms with Gasteiger partial charge in [-0.2, -0.15) is 4.57 Å². The van der Waals surface area contributed by atoms with Crippen LogP contribution in [-0.2, 0) is 7.05 Å². The van der Waals surface area contributed by atoms with Gasteiger partial charge in [-0.1, -0.05) is 84.9 Å². The van der Waals surface area contributed by atoms with Crippen LogP contribution in [0.3, 0.4) is 0 Å². The zero-order chi connectivity index (χ0) is 23.5. The van der Waals surface area contributed by atoms with Crippen molar-refractivity contribution in [1.82, 2.24) is 9.55 Å². The van der Waals surface area contributed by atoms with E-state index in [4.69, 9.17) is 4.98 Å². The molecule has 0 radical (unpaired) electrons. The Morgan fingerprint density at radius 1 is 0.600 bits per heavy atom. The molecule has 6 aromatic rings. The molecular weight excluding hydrogens is 426 g/mol. The Kier molecular flexibility index (Phi) is 4.27. The molecule has 0 fully saturated rings. The minimum absolute atomic E-state index is 0.971. The van der Waals surface area contributed by atoms with E-state index >= 15 is 0 Å². The van der Waals surface area contributed by atoms with Crippen molar-refractivity contribution in [3.05, 3.63) is 115 Å². The van der Waals surface area contributed by atoms with Gasteiger partial charge in [-0.15, -0.1) is 0 Å². The Labute approximate surface area is 204 Å². The van der Waals surface area contributed by atoms with Crippen LogP contribution < -0.4 is 4.57 Å². The molecule has 1 aliphatic heterocycles. The molecule has 3 heteroatoms. The third-order valence-corrected chi connectivity index (χ3v) is 7.17. The lowest BCUT2D eigenvalue weighted by atomic mass is 9.89. The lowest BCUT2D eigenvalue weighted by Gasteiger charge is -2.22. The third kappa shape index (κ3) is 2.85. The van der Waals surface area contributed by atoms with E-state index in [1.807, 2.05) is 0 Å². The maximum Gasteiger partial charge on any atom is 0.240 e. The smallest absolute Gasteiger partial charge is 0.240 e. The van der Waals surface area contributed by atoms with Crippen molar-refractivity contribution in [3.63, 3.8) is 0 Å². The Hall–Kier alpha value is -4.50. The summed E-state index contributed by atoms with van der Waals surface area (Å²) in [6.45, 7) is 2.17. The van der Waals surface area contributed by atoms with Crippen molar-refractivity contribution < 1.29 is 4.57 Å². The van der Waals surface area contributed by atoms with E-state index in [1.54, 1.807) is 0 Å². The number of benzene rings is 4. The van der Waals surface area contributed by atoms with Crippen molar-refractivity contribution in [2.75, 3.05) is 0 Å². The van der Waals surface area contributed by atoms with Crippen LogP contribution in [0, 0.1) is 6.92 Å². The first-order valence-electron chi connectivity index (χ1n) is 12.0. The summed E-state index contributed by atoms with van der Waals surface area (Å²) < 4.78 is 4.54. The number of fused-ring (bicyclic) bond motifs is 10. The van der Waals surface area contributed by atoms with Gasteiger partial charge in [0.25, 0.3) is 0 Å². The van der Waals surface area contributed by atoms with Gasteiger partial charge < -0.3 is 0 Å². The fraction of sp³-hybridized carbons (Fsp3) is 0.0625. The maximum atomic E-state index is 5.39. The van der Waals surface area contributed by atoms with Gasteiger partial charge >= 0.3 is 0 Å². The number of hydrogen-bond acceptors (Lipinski definition) is 1. The van der Waals surface area contributed by atoms with Crippen LogP contribution in [0.2, 0.25) is 0 Å². The summed E-state index contributed by atoms with van der Waals surface area (Å²) >= 11 is 0. The lowest BCUT2D eigenvalue weighted by molar-refractivity contribution is -0.659. The quantitative estimate of drug-likeness (QED) is 0.244. The number of hydrogen-bond donors (Lipinski definition) is 0. The predicted octanol–water partition coefficient (Wildman–Crippen LogP) is 7.14. The lowest BCUT2D eigenvalue weighted by Crippen LogP contribution is -2.30. The summed E-state index contributed by atoms with van der Waals surface area (Å²) in [6.07, 6.45) is 2.15. The molecule has 7 rings (SSSR count). The van der Waals surface area contributed by atoms with Gasteiger partial charge in [-0.3, -0.25) is 4.57 Å². The number of nitrogens with zero attached hydrogens (tertiary/aromatic N) is 3. The number of aromatic nitrogens is 3. The minimum Gasteiger partial charge on any atom is -0.291 e. The average Bonchev–Trinajstić information content (AvgIpc) is 3.27. The van der Waals surface area contributed by atoms with E-state index in [2.05, 4.69) is 132 Å². The molecule has 3 nitrogen and oxygen atoms in total. The van der Waals surface area contributed by atoms with E-state index in [9.17, 15) is 0 Å².